The van der Waals surface area contributed by atoms with Gasteiger partial charge in [0.15, 0.2) is 5.65 Å². The molecular formula is C19H22N6O3S. The number of hydrogen-bond acceptors (Lipinski definition) is 7. The fraction of sp³-hybridized carbons (Fsp3) is 0.316. The van der Waals surface area contributed by atoms with Crippen molar-refractivity contribution in [2.45, 2.75) is 18.9 Å². The standard InChI is InChI=1S/C19H22N6O3S/c1-29(27,28)24-9-7-13(8-10-24)22-19-21-12-15-16(20)11-17(26)25(18(15)23-19)14-5-3-2-4-6-14/h2-6,11-13H,7-10,20H2,1H3,(H,21,22,23). The summed E-state index contributed by atoms with van der Waals surface area (Å²) in [7, 11) is -3.17. The lowest BCUT2D eigenvalue weighted by Gasteiger charge is -2.30. The second kappa shape index (κ2) is 7.45. The van der Waals surface area contributed by atoms with Crippen LogP contribution in [0.5, 0.6) is 0 Å². The molecular weight excluding hydrogens is 392 g/mol. The third-order valence-corrected chi connectivity index (χ3v) is 6.36. The molecule has 0 aliphatic carbocycles. The minimum Gasteiger partial charge on any atom is -0.398 e. The van der Waals surface area contributed by atoms with E-state index in [0.29, 0.717) is 54.3 Å². The predicted molar refractivity (Wildman–Crippen MR) is 113 cm³/mol. The summed E-state index contributed by atoms with van der Waals surface area (Å²) in [5.74, 6) is 0.380. The number of fused-ring (bicyclic) bond motifs is 1. The van der Waals surface area contributed by atoms with Crippen molar-refractivity contribution in [1.29, 1.82) is 0 Å². The fourth-order valence-corrected chi connectivity index (χ4v) is 4.41. The first-order valence-electron chi connectivity index (χ1n) is 9.28. The van der Waals surface area contributed by atoms with Crippen LogP contribution < -0.4 is 16.6 Å². The Kier molecular flexibility index (Phi) is 4.97. The SMILES string of the molecule is CS(=O)(=O)N1CCC(Nc2ncc3c(N)cc(=O)n(-c4ccccc4)c3n2)CC1. The summed E-state index contributed by atoms with van der Waals surface area (Å²) in [6.07, 6.45) is 4.12. The molecule has 0 bridgehead atoms. The number of aromatic nitrogens is 3. The van der Waals surface area contributed by atoms with Gasteiger partial charge in [0, 0.05) is 37.1 Å². The molecule has 3 N–H and O–H groups in total. The zero-order valence-electron chi connectivity index (χ0n) is 15.9. The number of nitrogen functional groups attached to an aromatic ring is 1. The van der Waals surface area contributed by atoms with Gasteiger partial charge in [-0.2, -0.15) is 4.98 Å². The lowest BCUT2D eigenvalue weighted by Crippen LogP contribution is -2.42. The predicted octanol–water partition coefficient (Wildman–Crippen LogP) is 1.20. The zero-order valence-corrected chi connectivity index (χ0v) is 16.8. The molecule has 1 aliphatic rings. The molecule has 3 heterocycles. The zero-order chi connectivity index (χ0) is 20.6. The summed E-state index contributed by atoms with van der Waals surface area (Å²) in [6, 6.07) is 10.6. The van der Waals surface area contributed by atoms with Gasteiger partial charge < -0.3 is 11.1 Å². The molecule has 0 saturated carbocycles. The summed E-state index contributed by atoms with van der Waals surface area (Å²) < 4.78 is 26.3. The van der Waals surface area contributed by atoms with Crippen molar-refractivity contribution in [2.75, 3.05) is 30.4 Å². The molecule has 29 heavy (non-hydrogen) atoms. The van der Waals surface area contributed by atoms with Gasteiger partial charge >= 0.3 is 0 Å². The van der Waals surface area contributed by atoms with Crippen LogP contribution in [0.25, 0.3) is 16.7 Å². The number of nitrogens with one attached hydrogen (secondary N) is 1. The van der Waals surface area contributed by atoms with Crippen molar-refractivity contribution in [3.05, 3.63) is 52.9 Å². The summed E-state index contributed by atoms with van der Waals surface area (Å²) in [4.78, 5) is 21.5. The molecule has 1 fully saturated rings. The van der Waals surface area contributed by atoms with E-state index in [1.807, 2.05) is 30.3 Å². The highest BCUT2D eigenvalue weighted by Crippen LogP contribution is 2.22. The van der Waals surface area contributed by atoms with E-state index in [1.165, 1.54) is 21.2 Å². The van der Waals surface area contributed by atoms with Gasteiger partial charge in [-0.1, -0.05) is 18.2 Å². The maximum Gasteiger partial charge on any atom is 0.258 e. The number of rotatable bonds is 4. The number of nitrogens with two attached hydrogens (primary N) is 1. The second-order valence-corrected chi connectivity index (χ2v) is 9.10. The molecule has 1 aliphatic heterocycles. The maximum absolute atomic E-state index is 12.6. The molecule has 4 rings (SSSR count). The molecule has 152 valence electrons. The Morgan fingerprint density at radius 1 is 1.17 bits per heavy atom. The van der Waals surface area contributed by atoms with E-state index < -0.39 is 10.0 Å². The Morgan fingerprint density at radius 3 is 2.52 bits per heavy atom. The Labute approximate surface area is 168 Å². The van der Waals surface area contributed by atoms with Gasteiger partial charge in [0.2, 0.25) is 16.0 Å². The Hall–Kier alpha value is -2.98. The maximum atomic E-state index is 12.6. The van der Waals surface area contributed by atoms with Crippen LogP contribution in [-0.4, -0.2) is 52.6 Å². The van der Waals surface area contributed by atoms with Crippen molar-refractivity contribution in [1.82, 2.24) is 18.8 Å². The van der Waals surface area contributed by atoms with E-state index in [2.05, 4.69) is 15.3 Å². The number of hydrogen-bond donors (Lipinski definition) is 2. The first kappa shape index (κ1) is 19.3. The summed E-state index contributed by atoms with van der Waals surface area (Å²) in [6.45, 7) is 0.900. The van der Waals surface area contributed by atoms with Crippen LogP contribution in [0.4, 0.5) is 11.6 Å². The van der Waals surface area contributed by atoms with Crippen LogP contribution in [0.3, 0.4) is 0 Å². The number of pyridine rings is 1. The van der Waals surface area contributed by atoms with Crippen molar-refractivity contribution < 1.29 is 8.42 Å². The van der Waals surface area contributed by atoms with Gasteiger partial charge in [0.25, 0.3) is 5.56 Å². The highest BCUT2D eigenvalue weighted by molar-refractivity contribution is 7.88. The van der Waals surface area contributed by atoms with Crippen LogP contribution >= 0.6 is 0 Å². The van der Waals surface area contributed by atoms with Crippen LogP contribution in [0, 0.1) is 0 Å². The number of piperidine rings is 1. The summed E-state index contributed by atoms with van der Waals surface area (Å²) in [5, 5.41) is 3.85. The van der Waals surface area contributed by atoms with Crippen LogP contribution in [-0.2, 0) is 10.0 Å². The molecule has 1 saturated heterocycles. The third kappa shape index (κ3) is 3.94. The monoisotopic (exact) mass is 414 g/mol. The average molecular weight is 414 g/mol. The van der Waals surface area contributed by atoms with Crippen LogP contribution in [0.2, 0.25) is 0 Å². The molecule has 0 atom stereocenters. The molecule has 3 aromatic rings. The van der Waals surface area contributed by atoms with E-state index in [4.69, 9.17) is 5.73 Å². The van der Waals surface area contributed by atoms with E-state index in [1.54, 1.807) is 6.20 Å². The minimum absolute atomic E-state index is 0.0448. The summed E-state index contributed by atoms with van der Waals surface area (Å²) >= 11 is 0. The minimum atomic E-state index is -3.17. The normalized spacial score (nSPS) is 16.2. The van der Waals surface area contributed by atoms with Gasteiger partial charge in [-0.15, -0.1) is 0 Å². The topological polar surface area (TPSA) is 123 Å². The number of anilines is 2. The first-order chi connectivity index (χ1) is 13.8. The lowest BCUT2D eigenvalue weighted by atomic mass is 10.1. The molecule has 10 heteroatoms. The highest BCUT2D eigenvalue weighted by Gasteiger charge is 2.25. The molecule has 1 aromatic carbocycles. The van der Waals surface area contributed by atoms with E-state index in [0.717, 1.165) is 0 Å². The van der Waals surface area contributed by atoms with Gasteiger partial charge in [-0.05, 0) is 25.0 Å². The van der Waals surface area contributed by atoms with Gasteiger partial charge in [-0.25, -0.2) is 17.7 Å². The van der Waals surface area contributed by atoms with Crippen LogP contribution in [0.15, 0.2) is 47.4 Å². The van der Waals surface area contributed by atoms with E-state index >= 15 is 0 Å². The van der Waals surface area contributed by atoms with Gasteiger partial charge in [0.05, 0.1) is 17.3 Å². The Morgan fingerprint density at radius 2 is 1.86 bits per heavy atom. The quantitative estimate of drug-likeness (QED) is 0.657. The van der Waals surface area contributed by atoms with Crippen molar-refractivity contribution >= 4 is 32.7 Å². The van der Waals surface area contributed by atoms with E-state index in [-0.39, 0.29) is 11.6 Å². The molecule has 0 spiro atoms. The van der Waals surface area contributed by atoms with Crippen molar-refractivity contribution in [3.63, 3.8) is 0 Å². The molecule has 2 aromatic heterocycles. The first-order valence-corrected chi connectivity index (χ1v) is 11.1. The molecule has 9 nitrogen and oxygen atoms in total. The van der Waals surface area contributed by atoms with Crippen molar-refractivity contribution in [3.8, 4) is 5.69 Å². The Bertz CT molecular complexity index is 1200. The molecule has 0 unspecified atom stereocenters. The van der Waals surface area contributed by atoms with E-state index in [9.17, 15) is 13.2 Å². The van der Waals surface area contributed by atoms with Gasteiger partial charge in [-0.3, -0.25) is 9.36 Å². The molecule has 0 radical (unpaired) electrons. The second-order valence-electron chi connectivity index (χ2n) is 7.12. The highest BCUT2D eigenvalue weighted by atomic mass is 32.2. The number of benzene rings is 1. The number of para-hydroxylation sites is 1. The average Bonchev–Trinajstić information content (AvgIpc) is 2.68. The smallest absolute Gasteiger partial charge is 0.258 e. The van der Waals surface area contributed by atoms with Crippen LogP contribution in [0.1, 0.15) is 12.8 Å². The number of nitrogens with zero attached hydrogens (tertiary/aromatic N) is 4. The molecule has 0 amide bonds. The largest absolute Gasteiger partial charge is 0.398 e. The lowest BCUT2D eigenvalue weighted by molar-refractivity contribution is 0.331. The van der Waals surface area contributed by atoms with Crippen molar-refractivity contribution in [2.24, 2.45) is 0 Å². The fourth-order valence-electron chi connectivity index (χ4n) is 3.54. The van der Waals surface area contributed by atoms with Gasteiger partial charge in [0.1, 0.15) is 0 Å². The third-order valence-electron chi connectivity index (χ3n) is 5.06. The Balaban J connectivity index is 1.67. The number of sulfonamides is 1. The summed E-state index contributed by atoms with van der Waals surface area (Å²) in [5.41, 5.74) is 7.18.